The third-order valence-electron chi connectivity index (χ3n) is 2.17. The van der Waals surface area contributed by atoms with Gasteiger partial charge in [0.25, 0.3) is 5.69 Å². The van der Waals surface area contributed by atoms with Crippen LogP contribution in [0.5, 0.6) is 0 Å². The number of hydrogen-bond donors (Lipinski definition) is 2. The van der Waals surface area contributed by atoms with E-state index in [0.717, 1.165) is 0 Å². The molecule has 6 heteroatoms. The van der Waals surface area contributed by atoms with E-state index in [-0.39, 0.29) is 5.69 Å². The molecule has 2 N–H and O–H groups in total. The number of nitrogens with zero attached hydrogens (tertiary/aromatic N) is 1. The number of aliphatic hydroxyl groups excluding tert-OH is 1. The number of aryl methyl sites for hydroxylation is 1. The molecule has 0 radical (unpaired) electrons. The molecule has 0 aliphatic carbocycles. The molecule has 1 unspecified atom stereocenters. The van der Waals surface area contributed by atoms with Gasteiger partial charge in [-0.25, -0.2) is 0 Å². The summed E-state index contributed by atoms with van der Waals surface area (Å²) in [4.78, 5) is 20.4. The lowest BCUT2D eigenvalue weighted by Gasteiger charge is -2.08. The zero-order chi connectivity index (χ0) is 12.3. The van der Waals surface area contributed by atoms with Gasteiger partial charge in [-0.1, -0.05) is 0 Å². The third kappa shape index (κ3) is 2.77. The van der Waals surface area contributed by atoms with E-state index in [1.165, 1.54) is 25.1 Å². The smallest absolute Gasteiger partial charge is 0.306 e. The molecule has 0 heterocycles. The van der Waals surface area contributed by atoms with Crippen molar-refractivity contribution in [3.8, 4) is 0 Å². The Morgan fingerprint density at radius 2 is 2.19 bits per heavy atom. The summed E-state index contributed by atoms with van der Waals surface area (Å²) in [5.74, 6) is -1.12. The number of rotatable bonds is 4. The highest BCUT2D eigenvalue weighted by molar-refractivity contribution is 5.67. The van der Waals surface area contributed by atoms with Crippen molar-refractivity contribution in [1.82, 2.24) is 0 Å². The Labute approximate surface area is 91.3 Å². The number of aliphatic hydroxyl groups is 1. The third-order valence-corrected chi connectivity index (χ3v) is 2.17. The Bertz CT molecular complexity index is 429. The second kappa shape index (κ2) is 4.71. The zero-order valence-corrected chi connectivity index (χ0v) is 8.58. The van der Waals surface area contributed by atoms with E-state index in [2.05, 4.69) is 0 Å². The standard InChI is InChI=1S/C10H11NO5/c1-6-4-7(9(12)5-10(13)14)2-3-8(6)11(15)16/h2-4,9,12H,5H2,1H3,(H,13,14). The number of aliphatic carboxylic acids is 1. The highest BCUT2D eigenvalue weighted by atomic mass is 16.6. The van der Waals surface area contributed by atoms with Gasteiger partial charge in [-0.3, -0.25) is 14.9 Å². The molecular weight excluding hydrogens is 214 g/mol. The Kier molecular flexibility index (Phi) is 3.57. The maximum absolute atomic E-state index is 10.5. The second-order valence-corrected chi connectivity index (χ2v) is 3.42. The summed E-state index contributed by atoms with van der Waals surface area (Å²) in [5.41, 5.74) is 0.712. The SMILES string of the molecule is Cc1cc(C(O)CC(=O)O)ccc1[N+](=O)[O-]. The number of carboxylic acid groups (broad SMARTS) is 1. The van der Waals surface area contributed by atoms with Crippen molar-refractivity contribution in [3.05, 3.63) is 39.4 Å². The van der Waals surface area contributed by atoms with E-state index in [0.29, 0.717) is 11.1 Å². The van der Waals surface area contributed by atoms with E-state index >= 15 is 0 Å². The quantitative estimate of drug-likeness (QED) is 0.596. The van der Waals surface area contributed by atoms with Crippen molar-refractivity contribution in [1.29, 1.82) is 0 Å². The number of nitro groups is 1. The summed E-state index contributed by atoms with van der Waals surface area (Å²) in [7, 11) is 0. The van der Waals surface area contributed by atoms with Crippen molar-refractivity contribution in [2.75, 3.05) is 0 Å². The van der Waals surface area contributed by atoms with Gasteiger partial charge < -0.3 is 10.2 Å². The fourth-order valence-corrected chi connectivity index (χ4v) is 1.37. The molecule has 0 saturated heterocycles. The van der Waals surface area contributed by atoms with Gasteiger partial charge in [0.1, 0.15) is 0 Å². The number of carbonyl (C=O) groups is 1. The van der Waals surface area contributed by atoms with Crippen LogP contribution in [0.2, 0.25) is 0 Å². The second-order valence-electron chi connectivity index (χ2n) is 3.42. The van der Waals surface area contributed by atoms with Crippen LogP contribution in [0.1, 0.15) is 23.7 Å². The lowest BCUT2D eigenvalue weighted by molar-refractivity contribution is -0.385. The van der Waals surface area contributed by atoms with Crippen LogP contribution in [-0.4, -0.2) is 21.1 Å². The normalized spacial score (nSPS) is 12.1. The molecule has 0 aromatic heterocycles. The van der Waals surface area contributed by atoms with Crippen molar-refractivity contribution in [2.45, 2.75) is 19.4 Å². The van der Waals surface area contributed by atoms with Gasteiger partial charge in [0.2, 0.25) is 0 Å². The first-order chi connectivity index (χ1) is 7.41. The van der Waals surface area contributed by atoms with Gasteiger partial charge in [0.05, 0.1) is 17.4 Å². The number of benzene rings is 1. The van der Waals surface area contributed by atoms with Crippen LogP contribution >= 0.6 is 0 Å². The molecule has 0 aliphatic heterocycles. The fraction of sp³-hybridized carbons (Fsp3) is 0.300. The zero-order valence-electron chi connectivity index (χ0n) is 8.58. The van der Waals surface area contributed by atoms with Crippen molar-refractivity contribution < 1.29 is 19.9 Å². The number of hydrogen-bond acceptors (Lipinski definition) is 4. The maximum Gasteiger partial charge on any atom is 0.306 e. The molecule has 1 aromatic rings. The van der Waals surface area contributed by atoms with E-state index in [4.69, 9.17) is 5.11 Å². The predicted molar refractivity (Wildman–Crippen MR) is 55.0 cm³/mol. The van der Waals surface area contributed by atoms with Crippen molar-refractivity contribution in [3.63, 3.8) is 0 Å². The summed E-state index contributed by atoms with van der Waals surface area (Å²) in [6, 6.07) is 4.04. The molecule has 1 aromatic carbocycles. The maximum atomic E-state index is 10.5. The Hall–Kier alpha value is -1.95. The van der Waals surface area contributed by atoms with Gasteiger partial charge in [0, 0.05) is 11.6 Å². The summed E-state index contributed by atoms with van der Waals surface area (Å²) in [5, 5.41) is 28.5. The molecule has 0 saturated carbocycles. The fourth-order valence-electron chi connectivity index (χ4n) is 1.37. The molecular formula is C10H11NO5. The highest BCUT2D eigenvalue weighted by Crippen LogP contribution is 2.24. The topological polar surface area (TPSA) is 101 Å². The Morgan fingerprint density at radius 3 is 2.62 bits per heavy atom. The van der Waals surface area contributed by atoms with Crippen molar-refractivity contribution >= 4 is 11.7 Å². The minimum absolute atomic E-state index is 0.0497. The molecule has 6 nitrogen and oxygen atoms in total. The van der Waals surface area contributed by atoms with Crippen LogP contribution in [0.25, 0.3) is 0 Å². The van der Waals surface area contributed by atoms with Crippen LogP contribution in [0.4, 0.5) is 5.69 Å². The molecule has 0 bridgehead atoms. The van der Waals surface area contributed by atoms with Crippen molar-refractivity contribution in [2.24, 2.45) is 0 Å². The first kappa shape index (κ1) is 12.1. The monoisotopic (exact) mass is 225 g/mol. The van der Waals surface area contributed by atoms with Gasteiger partial charge >= 0.3 is 5.97 Å². The van der Waals surface area contributed by atoms with Gasteiger partial charge in [0.15, 0.2) is 0 Å². The summed E-state index contributed by atoms with van der Waals surface area (Å²) in [6.45, 7) is 1.54. The molecule has 16 heavy (non-hydrogen) atoms. The highest BCUT2D eigenvalue weighted by Gasteiger charge is 2.16. The van der Waals surface area contributed by atoms with Gasteiger partial charge in [-0.15, -0.1) is 0 Å². The van der Waals surface area contributed by atoms with E-state index in [1.54, 1.807) is 0 Å². The predicted octanol–water partition coefficient (Wildman–Crippen LogP) is 1.41. The summed E-state index contributed by atoms with van der Waals surface area (Å²) < 4.78 is 0. The molecule has 1 atom stereocenters. The average Bonchev–Trinajstić information content (AvgIpc) is 2.15. The van der Waals surface area contributed by atoms with Gasteiger partial charge in [-0.05, 0) is 24.6 Å². The minimum Gasteiger partial charge on any atom is -0.481 e. The molecule has 0 aliphatic rings. The summed E-state index contributed by atoms with van der Waals surface area (Å²) >= 11 is 0. The molecule has 0 fully saturated rings. The number of nitro benzene ring substituents is 1. The van der Waals surface area contributed by atoms with Crippen LogP contribution < -0.4 is 0 Å². The number of carboxylic acids is 1. The Balaban J connectivity index is 2.96. The first-order valence-electron chi connectivity index (χ1n) is 4.56. The lowest BCUT2D eigenvalue weighted by Crippen LogP contribution is -2.06. The molecule has 86 valence electrons. The molecule has 0 spiro atoms. The van der Waals surface area contributed by atoms with Crippen LogP contribution in [-0.2, 0) is 4.79 Å². The molecule has 1 rings (SSSR count). The van der Waals surface area contributed by atoms with E-state index in [1.807, 2.05) is 0 Å². The lowest BCUT2D eigenvalue weighted by atomic mass is 10.0. The van der Waals surface area contributed by atoms with E-state index in [9.17, 15) is 20.0 Å². The minimum atomic E-state index is -1.14. The average molecular weight is 225 g/mol. The van der Waals surface area contributed by atoms with Crippen LogP contribution in [0.3, 0.4) is 0 Å². The van der Waals surface area contributed by atoms with Gasteiger partial charge in [-0.2, -0.15) is 0 Å². The largest absolute Gasteiger partial charge is 0.481 e. The molecule has 0 amide bonds. The van der Waals surface area contributed by atoms with Crippen LogP contribution in [0, 0.1) is 17.0 Å². The van der Waals surface area contributed by atoms with Crippen LogP contribution in [0.15, 0.2) is 18.2 Å². The van der Waals surface area contributed by atoms with E-state index < -0.39 is 23.4 Å². The Morgan fingerprint density at radius 1 is 1.56 bits per heavy atom. The first-order valence-corrected chi connectivity index (χ1v) is 4.56. The summed E-state index contributed by atoms with van der Waals surface area (Å²) in [6.07, 6.45) is -1.56.